The van der Waals surface area contributed by atoms with Crippen LogP contribution in [0.15, 0.2) is 17.7 Å². The number of aryl methyl sites for hydroxylation is 1. The average molecular weight is 357 g/mol. The lowest BCUT2D eigenvalue weighted by atomic mass is 9.91. The van der Waals surface area contributed by atoms with Gasteiger partial charge in [-0.2, -0.15) is 0 Å². The van der Waals surface area contributed by atoms with Crippen molar-refractivity contribution < 1.29 is 4.74 Å². The zero-order valence-corrected chi connectivity index (χ0v) is 16.1. The minimum atomic E-state index is 0.753. The molecule has 0 aromatic carbocycles. The quantitative estimate of drug-likeness (QED) is 0.759. The van der Waals surface area contributed by atoms with Crippen LogP contribution in [-0.2, 0) is 11.2 Å². The number of hydrogen-bond donors (Lipinski definition) is 0. The summed E-state index contributed by atoms with van der Waals surface area (Å²) in [4.78, 5) is 14.4. The van der Waals surface area contributed by atoms with E-state index in [0.717, 1.165) is 63.2 Å². The van der Waals surface area contributed by atoms with Crippen LogP contribution in [-0.4, -0.2) is 60.8 Å². The van der Waals surface area contributed by atoms with Crippen molar-refractivity contribution in [3.63, 3.8) is 0 Å². The van der Waals surface area contributed by atoms with Crippen LogP contribution >= 0.6 is 0 Å². The predicted molar refractivity (Wildman–Crippen MR) is 105 cm³/mol. The number of piperidine rings is 1. The van der Waals surface area contributed by atoms with Crippen LogP contribution in [0.5, 0.6) is 0 Å². The molecule has 0 spiro atoms. The van der Waals surface area contributed by atoms with Crippen molar-refractivity contribution in [1.29, 1.82) is 0 Å². The van der Waals surface area contributed by atoms with Crippen molar-refractivity contribution in [1.82, 2.24) is 14.9 Å². The Morgan fingerprint density at radius 1 is 1.12 bits per heavy atom. The van der Waals surface area contributed by atoms with Crippen LogP contribution in [0.4, 0.5) is 5.82 Å². The molecule has 3 aliphatic heterocycles. The third-order valence-electron chi connectivity index (χ3n) is 5.92. The second-order valence-electron chi connectivity index (χ2n) is 8.09. The summed E-state index contributed by atoms with van der Waals surface area (Å²) in [6, 6.07) is 2.24. The molecule has 2 saturated heterocycles. The highest BCUT2D eigenvalue weighted by Crippen LogP contribution is 2.24. The lowest BCUT2D eigenvalue weighted by Crippen LogP contribution is -2.36. The second kappa shape index (κ2) is 8.49. The Morgan fingerprint density at radius 3 is 2.65 bits per heavy atom. The predicted octanol–water partition coefficient (Wildman–Crippen LogP) is 2.99. The van der Waals surface area contributed by atoms with Gasteiger partial charge in [0, 0.05) is 31.4 Å². The summed E-state index contributed by atoms with van der Waals surface area (Å²) in [7, 11) is 0. The fourth-order valence-electron chi connectivity index (χ4n) is 4.48. The summed E-state index contributed by atoms with van der Waals surface area (Å²) in [5, 5.41) is 0. The molecule has 0 bridgehead atoms. The molecular weight excluding hydrogens is 324 g/mol. The topological polar surface area (TPSA) is 41.5 Å². The van der Waals surface area contributed by atoms with Gasteiger partial charge >= 0.3 is 0 Å². The Labute approximate surface area is 157 Å². The summed E-state index contributed by atoms with van der Waals surface area (Å²) in [6.45, 7) is 9.55. The highest BCUT2D eigenvalue weighted by molar-refractivity contribution is 5.40. The van der Waals surface area contributed by atoms with Crippen molar-refractivity contribution >= 4 is 5.82 Å². The lowest BCUT2D eigenvalue weighted by molar-refractivity contribution is 0.134. The normalized spacial score (nSPS) is 22.7. The van der Waals surface area contributed by atoms with Gasteiger partial charge in [-0.25, -0.2) is 9.97 Å². The van der Waals surface area contributed by atoms with Gasteiger partial charge in [0.05, 0.1) is 13.2 Å². The highest BCUT2D eigenvalue weighted by Gasteiger charge is 2.22. The number of ether oxygens (including phenoxy) is 1. The first-order chi connectivity index (χ1) is 12.8. The third kappa shape index (κ3) is 4.63. The van der Waals surface area contributed by atoms with E-state index in [1.165, 1.54) is 50.0 Å². The molecule has 142 valence electrons. The molecule has 1 aromatic heterocycles. The standard InChI is InChI=1S/C21H32N4O/c1-17-22-20(14-21(23-17)25-8-2-3-9-25)13-18-6-10-24(11-7-18)15-19-5-4-12-26-16-19/h5,14,18H,2-4,6-13,15-16H2,1H3. The van der Waals surface area contributed by atoms with Gasteiger partial charge in [0.2, 0.25) is 0 Å². The van der Waals surface area contributed by atoms with Gasteiger partial charge < -0.3 is 9.64 Å². The number of hydrogen-bond acceptors (Lipinski definition) is 5. The van der Waals surface area contributed by atoms with E-state index in [-0.39, 0.29) is 0 Å². The van der Waals surface area contributed by atoms with Gasteiger partial charge in [-0.3, -0.25) is 4.90 Å². The van der Waals surface area contributed by atoms with Gasteiger partial charge in [-0.15, -0.1) is 0 Å². The largest absolute Gasteiger partial charge is 0.377 e. The van der Waals surface area contributed by atoms with Crippen LogP contribution < -0.4 is 4.90 Å². The first-order valence-corrected chi connectivity index (χ1v) is 10.3. The molecule has 0 N–H and O–H groups in total. The maximum Gasteiger partial charge on any atom is 0.132 e. The van der Waals surface area contributed by atoms with E-state index in [0.29, 0.717) is 0 Å². The minimum absolute atomic E-state index is 0.753. The van der Waals surface area contributed by atoms with E-state index >= 15 is 0 Å². The van der Waals surface area contributed by atoms with Crippen LogP contribution in [0.3, 0.4) is 0 Å². The van der Waals surface area contributed by atoms with Gasteiger partial charge in [0.25, 0.3) is 0 Å². The lowest BCUT2D eigenvalue weighted by Gasteiger charge is -2.33. The molecule has 0 unspecified atom stereocenters. The minimum Gasteiger partial charge on any atom is -0.377 e. The maximum atomic E-state index is 5.58. The summed E-state index contributed by atoms with van der Waals surface area (Å²) in [5.74, 6) is 2.82. The SMILES string of the molecule is Cc1nc(CC2CCN(CC3=CCCOC3)CC2)cc(N2CCCC2)n1. The van der Waals surface area contributed by atoms with Crippen molar-refractivity contribution in [2.45, 2.75) is 45.4 Å². The number of rotatable bonds is 5. The molecule has 1 aromatic rings. The van der Waals surface area contributed by atoms with E-state index in [1.807, 2.05) is 6.92 Å². The van der Waals surface area contributed by atoms with Crippen molar-refractivity contribution in [3.05, 3.63) is 29.2 Å². The Morgan fingerprint density at radius 2 is 1.92 bits per heavy atom. The zero-order valence-electron chi connectivity index (χ0n) is 16.1. The smallest absolute Gasteiger partial charge is 0.132 e. The molecule has 0 aliphatic carbocycles. The Kier molecular flexibility index (Phi) is 5.85. The molecule has 26 heavy (non-hydrogen) atoms. The monoisotopic (exact) mass is 356 g/mol. The van der Waals surface area contributed by atoms with E-state index in [4.69, 9.17) is 9.72 Å². The van der Waals surface area contributed by atoms with E-state index < -0.39 is 0 Å². The molecule has 2 fully saturated rings. The summed E-state index contributed by atoms with van der Waals surface area (Å²) < 4.78 is 5.58. The summed E-state index contributed by atoms with van der Waals surface area (Å²) in [6.07, 6.45) is 9.68. The molecule has 4 rings (SSSR count). The van der Waals surface area contributed by atoms with Gasteiger partial charge in [-0.1, -0.05) is 6.08 Å². The van der Waals surface area contributed by atoms with Crippen molar-refractivity contribution in [2.75, 3.05) is 50.8 Å². The number of likely N-dealkylation sites (tertiary alicyclic amines) is 1. The highest BCUT2D eigenvalue weighted by atomic mass is 16.5. The second-order valence-corrected chi connectivity index (χ2v) is 8.09. The number of anilines is 1. The van der Waals surface area contributed by atoms with Crippen LogP contribution in [0.1, 0.15) is 43.6 Å². The third-order valence-corrected chi connectivity index (χ3v) is 5.92. The zero-order chi connectivity index (χ0) is 17.8. The first kappa shape index (κ1) is 17.9. The Hall–Kier alpha value is -1.46. The molecule has 0 amide bonds. The van der Waals surface area contributed by atoms with Gasteiger partial charge in [-0.05, 0) is 70.0 Å². The van der Waals surface area contributed by atoms with Crippen molar-refractivity contribution in [2.24, 2.45) is 5.92 Å². The maximum absolute atomic E-state index is 5.58. The molecular formula is C21H32N4O. The first-order valence-electron chi connectivity index (χ1n) is 10.3. The van der Waals surface area contributed by atoms with Gasteiger partial charge in [0.15, 0.2) is 0 Å². The molecule has 0 atom stereocenters. The van der Waals surface area contributed by atoms with Gasteiger partial charge in [0.1, 0.15) is 11.6 Å². The van der Waals surface area contributed by atoms with E-state index in [2.05, 4.69) is 26.9 Å². The van der Waals surface area contributed by atoms with Crippen LogP contribution in [0.25, 0.3) is 0 Å². The molecule has 0 saturated carbocycles. The molecule has 5 heteroatoms. The summed E-state index contributed by atoms with van der Waals surface area (Å²) in [5.41, 5.74) is 2.71. The Balaban J connectivity index is 1.30. The average Bonchev–Trinajstić information content (AvgIpc) is 3.19. The number of nitrogens with zero attached hydrogens (tertiary/aromatic N) is 4. The summed E-state index contributed by atoms with van der Waals surface area (Å²) >= 11 is 0. The molecule has 4 heterocycles. The van der Waals surface area contributed by atoms with Crippen LogP contribution in [0.2, 0.25) is 0 Å². The van der Waals surface area contributed by atoms with E-state index in [9.17, 15) is 0 Å². The Bertz CT molecular complexity index is 631. The fourth-order valence-corrected chi connectivity index (χ4v) is 4.48. The van der Waals surface area contributed by atoms with Crippen molar-refractivity contribution in [3.8, 4) is 0 Å². The van der Waals surface area contributed by atoms with Crippen LogP contribution in [0, 0.1) is 12.8 Å². The molecule has 5 nitrogen and oxygen atoms in total. The van der Waals surface area contributed by atoms with E-state index in [1.54, 1.807) is 0 Å². The number of aromatic nitrogens is 2. The fraction of sp³-hybridized carbons (Fsp3) is 0.714. The molecule has 0 radical (unpaired) electrons. The molecule has 3 aliphatic rings.